The van der Waals surface area contributed by atoms with Crippen molar-refractivity contribution in [1.82, 2.24) is 4.57 Å². The van der Waals surface area contributed by atoms with Crippen LogP contribution in [0.4, 0.5) is 34.1 Å². The molecule has 0 unspecified atom stereocenters. The molecule has 0 N–H and O–H groups in total. The molecule has 0 bridgehead atoms. The summed E-state index contributed by atoms with van der Waals surface area (Å²) in [6.07, 6.45) is 0. The van der Waals surface area contributed by atoms with E-state index in [2.05, 4.69) is 371 Å². The molecule has 0 saturated heterocycles. The fourth-order valence-electron chi connectivity index (χ4n) is 17.0. The van der Waals surface area contributed by atoms with Gasteiger partial charge in [0.2, 0.25) is 0 Å². The topological polar surface area (TPSA) is 11.4 Å². The van der Waals surface area contributed by atoms with Gasteiger partial charge < -0.3 is 14.4 Å². The van der Waals surface area contributed by atoms with Gasteiger partial charge in [0, 0.05) is 69.7 Å². The first-order valence-electron chi connectivity index (χ1n) is 39.6. The Hall–Kier alpha value is -12.0. The lowest BCUT2D eigenvalue weighted by Crippen LogP contribution is -2.74. The summed E-state index contributed by atoms with van der Waals surface area (Å²) >= 11 is 0. The Kier molecular flexibility index (Phi) is 14.3. The Morgan fingerprint density at radius 2 is 0.695 bits per heavy atom. The molecule has 0 aliphatic carbocycles. The third kappa shape index (κ3) is 11.0. The maximum atomic E-state index is 8.68. The molecule has 3 heterocycles. The molecule has 504 valence electrons. The van der Waals surface area contributed by atoms with Crippen LogP contribution in [0.15, 0.2) is 352 Å². The van der Waals surface area contributed by atoms with Crippen molar-refractivity contribution in [2.45, 2.75) is 66.1 Å². The van der Waals surface area contributed by atoms with Gasteiger partial charge in [0.1, 0.15) is 0 Å². The van der Waals surface area contributed by atoms with Crippen molar-refractivity contribution < 1.29 is 8.22 Å². The number of fused-ring (bicyclic) bond motifs is 7. The highest BCUT2D eigenvalue weighted by Crippen LogP contribution is 2.55. The van der Waals surface area contributed by atoms with Crippen LogP contribution in [-0.4, -0.2) is 19.4 Å². The van der Waals surface area contributed by atoms with Gasteiger partial charge in [-0.05, 0) is 173 Å². The van der Waals surface area contributed by atoms with E-state index in [0.717, 1.165) is 128 Å². The molecule has 105 heavy (non-hydrogen) atoms. The SMILES string of the molecule is [2H]C([2H])([2H])c1ccc2c(c1)c1cc(C([2H])([2H])[2H])ccc1n2-c1ccc2c(c1)N(c1c(-c3ccccc3)cc(C(C)(C)C)cc1-c1ccccc1)c1cc(C(C)(C)C)cc3c1B2c1cc(-c2ccc([Si](c4ccccc4)(c4ccccc4)c4ccccc4)cc2)ccc1N3c1c(-c2ccccc2)cccc1-c1ccccc1. The summed E-state index contributed by atoms with van der Waals surface area (Å²) in [6, 6.07) is 128. The van der Waals surface area contributed by atoms with Gasteiger partial charge in [0.05, 0.1) is 22.4 Å². The van der Waals surface area contributed by atoms with Crippen molar-refractivity contribution in [2.75, 3.05) is 9.80 Å². The van der Waals surface area contributed by atoms with E-state index in [-0.39, 0.29) is 23.3 Å². The maximum Gasteiger partial charge on any atom is 0.252 e. The number of anilines is 6. The average Bonchev–Trinajstić information content (AvgIpc) is 0.815. The number of nitrogens with zero attached hydrogens (tertiary/aromatic N) is 3. The van der Waals surface area contributed by atoms with Crippen LogP contribution in [0.5, 0.6) is 0 Å². The summed E-state index contributed by atoms with van der Waals surface area (Å²) in [5.41, 5.74) is 24.7. The second-order valence-corrected chi connectivity index (χ2v) is 34.2. The van der Waals surface area contributed by atoms with Gasteiger partial charge in [-0.25, -0.2) is 0 Å². The number of rotatable bonds is 12. The van der Waals surface area contributed by atoms with Gasteiger partial charge in [-0.2, -0.15) is 0 Å². The van der Waals surface area contributed by atoms with Crippen LogP contribution in [0.2, 0.25) is 0 Å². The molecule has 0 atom stereocenters. The Balaban J connectivity index is 0.981. The molecular formula is C100H82BN3Si. The minimum atomic E-state index is -2.91. The van der Waals surface area contributed by atoms with E-state index in [1.807, 2.05) is 12.1 Å². The third-order valence-corrected chi connectivity index (χ3v) is 26.8. The fourth-order valence-corrected chi connectivity index (χ4v) is 21.7. The molecule has 3 nitrogen and oxygen atoms in total. The molecule has 16 aromatic rings. The van der Waals surface area contributed by atoms with Crippen molar-refractivity contribution in [3.05, 3.63) is 374 Å². The Morgan fingerprint density at radius 1 is 0.295 bits per heavy atom. The smallest absolute Gasteiger partial charge is 0.252 e. The highest BCUT2D eigenvalue weighted by molar-refractivity contribution is 7.20. The highest BCUT2D eigenvalue weighted by Gasteiger charge is 2.47. The van der Waals surface area contributed by atoms with Crippen LogP contribution in [0, 0.1) is 13.7 Å². The first kappa shape index (κ1) is 58.5. The van der Waals surface area contributed by atoms with Crippen LogP contribution in [0.1, 0.15) is 72.0 Å². The van der Waals surface area contributed by atoms with Gasteiger partial charge in [-0.3, -0.25) is 0 Å². The Morgan fingerprint density at radius 3 is 1.14 bits per heavy atom. The second kappa shape index (κ2) is 25.7. The predicted molar refractivity (Wildman–Crippen MR) is 452 cm³/mol. The normalized spacial score (nSPS) is 13.8. The number of aromatic nitrogens is 1. The van der Waals surface area contributed by atoms with Crippen LogP contribution < -0.4 is 46.9 Å². The third-order valence-electron chi connectivity index (χ3n) is 22.0. The van der Waals surface area contributed by atoms with E-state index in [1.54, 1.807) is 24.3 Å². The number of aryl methyl sites for hydroxylation is 2. The zero-order valence-corrected chi connectivity index (χ0v) is 60.9. The molecule has 0 spiro atoms. The van der Waals surface area contributed by atoms with Crippen LogP contribution in [0.3, 0.4) is 0 Å². The lowest BCUT2D eigenvalue weighted by molar-refractivity contribution is 0.590. The van der Waals surface area contributed by atoms with Crippen LogP contribution >= 0.6 is 0 Å². The monoisotopic (exact) mass is 1370 g/mol. The van der Waals surface area contributed by atoms with Crippen molar-refractivity contribution >= 4 is 108 Å². The van der Waals surface area contributed by atoms with E-state index in [4.69, 9.17) is 8.22 Å². The lowest BCUT2D eigenvalue weighted by atomic mass is 9.33. The molecule has 0 amide bonds. The van der Waals surface area contributed by atoms with Crippen molar-refractivity contribution in [1.29, 1.82) is 0 Å². The zero-order chi connectivity index (χ0) is 76.3. The van der Waals surface area contributed by atoms with Crippen molar-refractivity contribution in [3.63, 3.8) is 0 Å². The Labute approximate surface area is 628 Å². The summed E-state index contributed by atoms with van der Waals surface area (Å²) in [5.74, 6) is 0. The Bertz CT molecular complexity index is 5950. The standard InChI is InChI=1S/C100H82BN3Si/c1-67-47-56-90-86(59-67)87-60-68(2)48-57-91(87)102(90)77-52-55-88-93(66-77)104(98-84(72-35-20-11-21-36-72)62-75(99(3,4)5)63-85(98)73-37-22-12-23-38-73)95-65-76(100(6,7)8)64-94-96(95)101(88)89-61-74(51-58-92(89)103(94)97-82(70-31-16-9-17-32-70)45-30-46-83(97)71-33-18-10-19-34-71)69-49-53-81(54-50-69)105(78-39-24-13-25-40-78,79-41-26-14-27-42-79)80-43-28-15-29-44-80/h9-66H,1-8H3/i1D3,2D3. The maximum absolute atomic E-state index is 8.68. The lowest BCUT2D eigenvalue weighted by Gasteiger charge is -2.46. The highest BCUT2D eigenvalue weighted by atomic mass is 28.3. The second-order valence-electron chi connectivity index (χ2n) is 30.4. The van der Waals surface area contributed by atoms with Gasteiger partial charge in [-0.1, -0.05) is 338 Å². The molecular weight excluding hydrogens is 1280 g/mol. The van der Waals surface area contributed by atoms with Gasteiger partial charge in [0.15, 0.2) is 8.07 Å². The van der Waals surface area contributed by atoms with Crippen LogP contribution in [-0.2, 0) is 10.8 Å². The van der Waals surface area contributed by atoms with E-state index < -0.39 is 27.2 Å². The van der Waals surface area contributed by atoms with Crippen molar-refractivity contribution in [2.24, 2.45) is 0 Å². The number of hydrogen-bond donors (Lipinski definition) is 0. The molecule has 0 saturated carbocycles. The number of para-hydroxylation sites is 1. The molecule has 2 aliphatic heterocycles. The van der Waals surface area contributed by atoms with E-state index in [1.165, 1.54) is 26.3 Å². The minimum Gasteiger partial charge on any atom is -0.310 e. The number of hydrogen-bond acceptors (Lipinski definition) is 2. The number of benzene rings is 15. The first-order chi connectivity index (χ1) is 53.6. The zero-order valence-electron chi connectivity index (χ0n) is 65.9. The largest absolute Gasteiger partial charge is 0.310 e. The minimum absolute atomic E-state index is 0.178. The summed E-state index contributed by atoms with van der Waals surface area (Å²) in [5, 5.41) is 6.53. The summed E-state index contributed by atoms with van der Waals surface area (Å²) in [7, 11) is -2.91. The predicted octanol–water partition coefficient (Wildman–Crippen LogP) is 21.8. The summed E-state index contributed by atoms with van der Waals surface area (Å²) in [6.45, 7) is 8.66. The molecule has 18 rings (SSSR count). The van der Waals surface area contributed by atoms with E-state index in [0.29, 0.717) is 10.8 Å². The molecule has 0 radical (unpaired) electrons. The van der Waals surface area contributed by atoms with Gasteiger partial charge in [0.25, 0.3) is 6.71 Å². The molecule has 15 aromatic carbocycles. The van der Waals surface area contributed by atoms with E-state index >= 15 is 0 Å². The average molecular weight is 1370 g/mol. The molecule has 1 aromatic heterocycles. The summed E-state index contributed by atoms with van der Waals surface area (Å²) in [4.78, 5) is 5.22. The summed E-state index contributed by atoms with van der Waals surface area (Å²) < 4.78 is 54.3. The molecule has 2 aliphatic rings. The van der Waals surface area contributed by atoms with Gasteiger partial charge >= 0.3 is 0 Å². The molecule has 0 fully saturated rings. The van der Waals surface area contributed by atoms with Crippen molar-refractivity contribution in [3.8, 4) is 61.3 Å². The molecule has 5 heteroatoms. The fraction of sp³-hybridized carbons (Fsp3) is 0.100. The first-order valence-corrected chi connectivity index (χ1v) is 38.6. The quantitative estimate of drug-likeness (QED) is 0.0892. The van der Waals surface area contributed by atoms with Crippen LogP contribution in [0.25, 0.3) is 83.1 Å². The van der Waals surface area contributed by atoms with Gasteiger partial charge in [-0.15, -0.1) is 0 Å². The van der Waals surface area contributed by atoms with E-state index in [9.17, 15) is 0 Å².